The molecule has 2 heterocycles. The molecular weight excluding hydrogens is 194 g/mol. The Bertz CT molecular complexity index is 346. The highest BCUT2D eigenvalue weighted by atomic mass is 16.5. The van der Waals surface area contributed by atoms with Gasteiger partial charge in [0, 0.05) is 12.2 Å². The van der Waals surface area contributed by atoms with Crippen LogP contribution in [-0.2, 0) is 4.74 Å². The van der Waals surface area contributed by atoms with Crippen molar-refractivity contribution in [2.75, 3.05) is 13.2 Å². The van der Waals surface area contributed by atoms with Crippen LogP contribution in [0.1, 0.15) is 24.5 Å². The van der Waals surface area contributed by atoms with Crippen LogP contribution in [0.5, 0.6) is 0 Å². The van der Waals surface area contributed by atoms with Gasteiger partial charge in [0.25, 0.3) is 0 Å². The van der Waals surface area contributed by atoms with Gasteiger partial charge in [-0.2, -0.15) is 5.26 Å². The summed E-state index contributed by atoms with van der Waals surface area (Å²) < 4.78 is 10.2. The molecule has 1 saturated heterocycles. The fourth-order valence-corrected chi connectivity index (χ4v) is 1.93. The maximum atomic E-state index is 10.1. The van der Waals surface area contributed by atoms with Gasteiger partial charge < -0.3 is 14.3 Å². The minimum absolute atomic E-state index is 0.288. The van der Waals surface area contributed by atoms with Crippen LogP contribution in [0.25, 0.3) is 0 Å². The first-order valence-corrected chi connectivity index (χ1v) is 4.98. The number of aliphatic hydroxyl groups excluding tert-OH is 1. The molecule has 80 valence electrons. The van der Waals surface area contributed by atoms with E-state index in [1.807, 2.05) is 0 Å². The van der Waals surface area contributed by atoms with Gasteiger partial charge in [0.2, 0.25) is 0 Å². The minimum atomic E-state index is -0.832. The SMILES string of the molecule is N#CC1(C(O)c2ccoc2)CCCOC1. The largest absolute Gasteiger partial charge is 0.472 e. The Hall–Kier alpha value is -1.31. The molecule has 2 rings (SSSR count). The van der Waals surface area contributed by atoms with Crippen molar-refractivity contribution >= 4 is 0 Å². The van der Waals surface area contributed by atoms with E-state index in [0.717, 1.165) is 6.42 Å². The van der Waals surface area contributed by atoms with Crippen LogP contribution in [0.4, 0.5) is 0 Å². The lowest BCUT2D eigenvalue weighted by Crippen LogP contribution is -2.36. The number of rotatable bonds is 2. The highest BCUT2D eigenvalue weighted by molar-refractivity contribution is 5.18. The molecule has 2 atom stereocenters. The zero-order valence-corrected chi connectivity index (χ0v) is 8.35. The average Bonchev–Trinajstić information content (AvgIpc) is 2.82. The molecule has 0 bridgehead atoms. The fourth-order valence-electron chi connectivity index (χ4n) is 1.93. The monoisotopic (exact) mass is 207 g/mol. The Kier molecular flexibility index (Phi) is 2.76. The van der Waals surface area contributed by atoms with Crippen molar-refractivity contribution < 1.29 is 14.3 Å². The van der Waals surface area contributed by atoms with Gasteiger partial charge in [0.1, 0.15) is 11.5 Å². The minimum Gasteiger partial charge on any atom is -0.472 e. The highest BCUT2D eigenvalue weighted by Gasteiger charge is 2.41. The van der Waals surface area contributed by atoms with Crippen LogP contribution < -0.4 is 0 Å². The zero-order chi connectivity index (χ0) is 10.7. The number of ether oxygens (including phenoxy) is 1. The summed E-state index contributed by atoms with van der Waals surface area (Å²) in [5.74, 6) is 0. The molecule has 0 aromatic carbocycles. The lowest BCUT2D eigenvalue weighted by atomic mass is 9.77. The molecule has 0 saturated carbocycles. The Balaban J connectivity index is 2.23. The summed E-state index contributed by atoms with van der Waals surface area (Å²) in [5.41, 5.74) is -0.177. The smallest absolute Gasteiger partial charge is 0.111 e. The molecular formula is C11H13NO3. The standard InChI is InChI=1S/C11H13NO3/c12-7-11(3-1-4-15-8-11)10(13)9-2-5-14-6-9/h2,5-6,10,13H,1,3-4,8H2. The van der Waals surface area contributed by atoms with E-state index >= 15 is 0 Å². The zero-order valence-electron chi connectivity index (χ0n) is 8.35. The van der Waals surface area contributed by atoms with Gasteiger partial charge in [-0.25, -0.2) is 0 Å². The number of hydrogen-bond acceptors (Lipinski definition) is 4. The van der Waals surface area contributed by atoms with Gasteiger partial charge in [0.05, 0.1) is 25.2 Å². The van der Waals surface area contributed by atoms with E-state index in [4.69, 9.17) is 9.15 Å². The summed E-state index contributed by atoms with van der Waals surface area (Å²) in [6.07, 6.45) is 3.60. The number of hydrogen-bond donors (Lipinski definition) is 1. The van der Waals surface area contributed by atoms with Crippen molar-refractivity contribution in [3.63, 3.8) is 0 Å². The van der Waals surface area contributed by atoms with Crippen molar-refractivity contribution in [1.29, 1.82) is 5.26 Å². The molecule has 0 amide bonds. The molecule has 1 aromatic rings. The summed E-state index contributed by atoms with van der Waals surface area (Å²) in [6, 6.07) is 3.87. The van der Waals surface area contributed by atoms with E-state index in [9.17, 15) is 10.4 Å². The van der Waals surface area contributed by atoms with E-state index in [1.54, 1.807) is 6.07 Å². The van der Waals surface area contributed by atoms with Crippen LogP contribution in [0.2, 0.25) is 0 Å². The van der Waals surface area contributed by atoms with Crippen LogP contribution in [0.15, 0.2) is 23.0 Å². The Morgan fingerprint density at radius 1 is 1.60 bits per heavy atom. The maximum absolute atomic E-state index is 10.1. The molecule has 15 heavy (non-hydrogen) atoms. The lowest BCUT2D eigenvalue weighted by Gasteiger charge is -2.34. The van der Waals surface area contributed by atoms with Gasteiger partial charge in [-0.15, -0.1) is 0 Å². The van der Waals surface area contributed by atoms with Gasteiger partial charge in [-0.1, -0.05) is 0 Å². The van der Waals surface area contributed by atoms with Gasteiger partial charge in [-0.05, 0) is 18.9 Å². The quantitative estimate of drug-likeness (QED) is 0.800. The molecule has 2 unspecified atom stereocenters. The summed E-state index contributed by atoms with van der Waals surface area (Å²) in [6.45, 7) is 0.956. The molecule has 1 aliphatic rings. The third kappa shape index (κ3) is 1.76. The Labute approximate surface area is 88.1 Å². The summed E-state index contributed by atoms with van der Waals surface area (Å²) in [5, 5.41) is 19.3. The van der Waals surface area contributed by atoms with Crippen molar-refractivity contribution in [1.82, 2.24) is 0 Å². The third-order valence-corrected chi connectivity index (χ3v) is 2.88. The average molecular weight is 207 g/mol. The summed E-state index contributed by atoms with van der Waals surface area (Å²) in [7, 11) is 0. The van der Waals surface area contributed by atoms with E-state index in [0.29, 0.717) is 18.6 Å². The van der Waals surface area contributed by atoms with Crippen molar-refractivity contribution in [2.24, 2.45) is 5.41 Å². The first-order chi connectivity index (χ1) is 7.28. The molecule has 1 aliphatic heterocycles. The fraction of sp³-hybridized carbons (Fsp3) is 0.545. The van der Waals surface area contributed by atoms with Crippen LogP contribution in [-0.4, -0.2) is 18.3 Å². The van der Waals surface area contributed by atoms with Crippen LogP contribution >= 0.6 is 0 Å². The van der Waals surface area contributed by atoms with Gasteiger partial charge >= 0.3 is 0 Å². The van der Waals surface area contributed by atoms with E-state index in [-0.39, 0.29) is 6.61 Å². The number of nitrogens with zero attached hydrogens (tertiary/aromatic N) is 1. The van der Waals surface area contributed by atoms with E-state index < -0.39 is 11.5 Å². The van der Waals surface area contributed by atoms with Crippen molar-refractivity contribution in [2.45, 2.75) is 18.9 Å². The van der Waals surface area contributed by atoms with Crippen LogP contribution in [0, 0.1) is 16.7 Å². The van der Waals surface area contributed by atoms with E-state index in [2.05, 4.69) is 6.07 Å². The van der Waals surface area contributed by atoms with Crippen molar-refractivity contribution in [3.8, 4) is 6.07 Å². The summed E-state index contributed by atoms with van der Waals surface area (Å²) >= 11 is 0. The predicted molar refractivity (Wildman–Crippen MR) is 51.8 cm³/mol. The van der Waals surface area contributed by atoms with Gasteiger partial charge in [0.15, 0.2) is 0 Å². The van der Waals surface area contributed by atoms with Crippen molar-refractivity contribution in [3.05, 3.63) is 24.2 Å². The molecule has 4 heteroatoms. The maximum Gasteiger partial charge on any atom is 0.111 e. The topological polar surface area (TPSA) is 66.4 Å². The number of aliphatic hydroxyl groups is 1. The molecule has 0 aliphatic carbocycles. The number of nitriles is 1. The Morgan fingerprint density at radius 3 is 3.00 bits per heavy atom. The highest BCUT2D eigenvalue weighted by Crippen LogP contribution is 2.40. The molecule has 1 fully saturated rings. The molecule has 0 spiro atoms. The molecule has 1 aromatic heterocycles. The first kappa shape index (κ1) is 10.2. The summed E-state index contributed by atoms with van der Waals surface area (Å²) in [4.78, 5) is 0. The van der Waals surface area contributed by atoms with E-state index in [1.165, 1.54) is 12.5 Å². The first-order valence-electron chi connectivity index (χ1n) is 4.98. The lowest BCUT2D eigenvalue weighted by molar-refractivity contribution is -0.0507. The molecule has 1 N–H and O–H groups in total. The second-order valence-electron chi connectivity index (χ2n) is 3.88. The molecule has 4 nitrogen and oxygen atoms in total. The predicted octanol–water partition coefficient (Wildman–Crippen LogP) is 1.63. The normalized spacial score (nSPS) is 28.3. The third-order valence-electron chi connectivity index (χ3n) is 2.88. The Morgan fingerprint density at radius 2 is 2.47 bits per heavy atom. The number of furan rings is 1. The van der Waals surface area contributed by atoms with Gasteiger partial charge in [-0.3, -0.25) is 0 Å². The van der Waals surface area contributed by atoms with Crippen LogP contribution in [0.3, 0.4) is 0 Å². The molecule has 0 radical (unpaired) electrons. The second-order valence-corrected chi connectivity index (χ2v) is 3.88. The second kappa shape index (κ2) is 4.05.